The number of hydrogen-bond donors (Lipinski definition) is 2. The third-order valence-corrected chi connectivity index (χ3v) is 6.58. The van der Waals surface area contributed by atoms with Crippen LogP contribution < -0.4 is 10.6 Å². The summed E-state index contributed by atoms with van der Waals surface area (Å²) < 4.78 is 0. The predicted octanol–water partition coefficient (Wildman–Crippen LogP) is 4.56. The molecule has 1 saturated carbocycles. The summed E-state index contributed by atoms with van der Waals surface area (Å²) in [6.45, 7) is 6.04. The number of aryl methyl sites for hydroxylation is 1. The molecular weight excluding hydrogens is 384 g/mol. The van der Waals surface area contributed by atoms with Gasteiger partial charge in [-0.05, 0) is 31.7 Å². The van der Waals surface area contributed by atoms with E-state index in [0.29, 0.717) is 5.13 Å². The summed E-state index contributed by atoms with van der Waals surface area (Å²) in [6.07, 6.45) is 6.00. The van der Waals surface area contributed by atoms with Gasteiger partial charge >= 0.3 is 0 Å². The number of amides is 2. The largest absolute Gasteiger partial charge is 0.344 e. The molecule has 0 unspecified atom stereocenters. The van der Waals surface area contributed by atoms with Crippen molar-refractivity contribution in [2.75, 3.05) is 5.32 Å². The minimum atomic E-state index is -0.569. The van der Waals surface area contributed by atoms with E-state index in [4.69, 9.17) is 0 Å². The van der Waals surface area contributed by atoms with Crippen LogP contribution in [0.5, 0.6) is 0 Å². The summed E-state index contributed by atoms with van der Waals surface area (Å²) in [5.41, 5.74) is 2.12. The molecule has 0 saturated heterocycles. The Morgan fingerprint density at radius 3 is 2.66 bits per heavy atom. The second kappa shape index (κ2) is 9.96. The van der Waals surface area contributed by atoms with Crippen LogP contribution in [0.2, 0.25) is 0 Å². The van der Waals surface area contributed by atoms with E-state index in [1.165, 1.54) is 17.8 Å². The lowest BCUT2D eigenvalue weighted by molar-refractivity contribution is -0.130. The number of anilines is 1. The molecule has 29 heavy (non-hydrogen) atoms. The van der Waals surface area contributed by atoms with Crippen LogP contribution in [0.3, 0.4) is 0 Å². The van der Waals surface area contributed by atoms with Crippen LogP contribution in [-0.2, 0) is 9.59 Å². The SMILES string of the molecule is CC[C@@H](C)[C@H](NC(=O)C1CCCCC1)C(=O)Nc1nnc(-c2cccc(C)c2)s1. The highest BCUT2D eigenvalue weighted by Gasteiger charge is 2.30. The van der Waals surface area contributed by atoms with Crippen LogP contribution in [0, 0.1) is 18.8 Å². The van der Waals surface area contributed by atoms with E-state index < -0.39 is 6.04 Å². The third kappa shape index (κ3) is 5.63. The van der Waals surface area contributed by atoms with Crippen LogP contribution in [0.25, 0.3) is 10.6 Å². The fraction of sp³-hybridized carbons (Fsp3) is 0.545. The molecule has 1 aromatic carbocycles. The van der Waals surface area contributed by atoms with Crippen molar-refractivity contribution in [3.63, 3.8) is 0 Å². The van der Waals surface area contributed by atoms with Gasteiger partial charge in [-0.25, -0.2) is 0 Å². The zero-order valence-corrected chi connectivity index (χ0v) is 18.2. The number of aromatic nitrogens is 2. The number of benzene rings is 1. The Bertz CT molecular complexity index is 845. The van der Waals surface area contributed by atoms with Gasteiger partial charge in [0.15, 0.2) is 0 Å². The Kier molecular flexibility index (Phi) is 7.36. The summed E-state index contributed by atoms with van der Waals surface area (Å²) in [5, 5.41) is 15.4. The van der Waals surface area contributed by atoms with E-state index in [9.17, 15) is 9.59 Å². The lowest BCUT2D eigenvalue weighted by Crippen LogP contribution is -2.49. The number of hydrogen-bond acceptors (Lipinski definition) is 5. The second-order valence-electron chi connectivity index (χ2n) is 7.98. The van der Waals surface area contributed by atoms with E-state index in [1.807, 2.05) is 45.0 Å². The highest BCUT2D eigenvalue weighted by atomic mass is 32.1. The van der Waals surface area contributed by atoms with Crippen molar-refractivity contribution in [1.29, 1.82) is 0 Å². The Morgan fingerprint density at radius 1 is 1.21 bits per heavy atom. The summed E-state index contributed by atoms with van der Waals surface area (Å²) in [4.78, 5) is 25.6. The van der Waals surface area contributed by atoms with Crippen molar-refractivity contribution in [1.82, 2.24) is 15.5 Å². The van der Waals surface area contributed by atoms with Gasteiger partial charge in [-0.3, -0.25) is 14.9 Å². The average Bonchev–Trinajstić information content (AvgIpc) is 3.20. The van der Waals surface area contributed by atoms with E-state index >= 15 is 0 Å². The minimum Gasteiger partial charge on any atom is -0.344 e. The Balaban J connectivity index is 1.67. The molecule has 7 heteroatoms. The molecule has 0 radical (unpaired) electrons. The Hall–Kier alpha value is -2.28. The van der Waals surface area contributed by atoms with Crippen molar-refractivity contribution in [2.45, 2.75) is 65.3 Å². The number of nitrogens with one attached hydrogen (secondary N) is 2. The van der Waals surface area contributed by atoms with Crippen molar-refractivity contribution in [3.8, 4) is 10.6 Å². The molecule has 1 fully saturated rings. The fourth-order valence-electron chi connectivity index (χ4n) is 3.69. The van der Waals surface area contributed by atoms with Crippen LogP contribution in [0.15, 0.2) is 24.3 Å². The summed E-state index contributed by atoms with van der Waals surface area (Å²) >= 11 is 1.34. The van der Waals surface area contributed by atoms with Gasteiger partial charge < -0.3 is 5.32 Å². The molecule has 1 aliphatic carbocycles. The molecule has 0 bridgehead atoms. The molecule has 1 heterocycles. The Labute approximate surface area is 176 Å². The van der Waals surface area contributed by atoms with E-state index in [1.54, 1.807) is 0 Å². The van der Waals surface area contributed by atoms with Gasteiger partial charge in [-0.15, -0.1) is 10.2 Å². The third-order valence-electron chi connectivity index (χ3n) is 5.69. The maximum Gasteiger partial charge on any atom is 0.249 e. The quantitative estimate of drug-likeness (QED) is 0.695. The van der Waals surface area contributed by atoms with Crippen LogP contribution in [0.1, 0.15) is 57.9 Å². The van der Waals surface area contributed by atoms with Crippen LogP contribution in [-0.4, -0.2) is 28.1 Å². The maximum absolute atomic E-state index is 12.9. The first kappa shape index (κ1) is 21.4. The molecule has 2 atom stereocenters. The fourth-order valence-corrected chi connectivity index (χ4v) is 4.43. The number of nitrogens with zero attached hydrogens (tertiary/aromatic N) is 2. The summed E-state index contributed by atoms with van der Waals surface area (Å²) in [7, 11) is 0. The predicted molar refractivity (Wildman–Crippen MR) is 117 cm³/mol. The zero-order valence-electron chi connectivity index (χ0n) is 17.4. The number of rotatable bonds is 7. The molecule has 156 valence electrons. The standard InChI is InChI=1S/C22H30N4O2S/c1-4-15(3)18(23-19(27)16-10-6-5-7-11-16)20(28)24-22-26-25-21(29-22)17-12-8-9-14(2)13-17/h8-9,12-13,15-16,18H,4-7,10-11H2,1-3H3,(H,23,27)(H,24,26,28)/t15-,18+/m1/s1. The van der Waals surface area contributed by atoms with Gasteiger partial charge in [0.25, 0.3) is 0 Å². The molecule has 6 nitrogen and oxygen atoms in total. The molecule has 1 aromatic heterocycles. The maximum atomic E-state index is 12.9. The molecule has 1 aliphatic rings. The average molecular weight is 415 g/mol. The van der Waals surface area contributed by atoms with E-state index in [0.717, 1.165) is 48.2 Å². The van der Waals surface area contributed by atoms with Crippen molar-refractivity contribution in [3.05, 3.63) is 29.8 Å². The molecule has 3 rings (SSSR count). The molecule has 2 aromatic rings. The van der Waals surface area contributed by atoms with Gasteiger partial charge in [-0.1, -0.05) is 74.6 Å². The van der Waals surface area contributed by atoms with Crippen LogP contribution >= 0.6 is 11.3 Å². The second-order valence-corrected chi connectivity index (χ2v) is 8.96. The first-order chi connectivity index (χ1) is 14.0. The van der Waals surface area contributed by atoms with Gasteiger partial charge in [0, 0.05) is 11.5 Å². The molecule has 0 spiro atoms. The smallest absolute Gasteiger partial charge is 0.249 e. The van der Waals surface area contributed by atoms with E-state index in [2.05, 4.69) is 20.8 Å². The van der Waals surface area contributed by atoms with E-state index in [-0.39, 0.29) is 23.7 Å². The molecular formula is C22H30N4O2S. The molecule has 2 N–H and O–H groups in total. The normalized spacial score (nSPS) is 16.8. The van der Waals surface area contributed by atoms with Crippen LogP contribution in [0.4, 0.5) is 5.13 Å². The minimum absolute atomic E-state index is 0.00265. The highest BCUT2D eigenvalue weighted by molar-refractivity contribution is 7.18. The zero-order chi connectivity index (χ0) is 20.8. The highest BCUT2D eigenvalue weighted by Crippen LogP contribution is 2.28. The van der Waals surface area contributed by atoms with Crippen molar-refractivity contribution >= 4 is 28.3 Å². The van der Waals surface area contributed by atoms with Crippen molar-refractivity contribution in [2.24, 2.45) is 11.8 Å². The van der Waals surface area contributed by atoms with Gasteiger partial charge in [0.05, 0.1) is 0 Å². The van der Waals surface area contributed by atoms with Gasteiger partial charge in [0.2, 0.25) is 16.9 Å². The lowest BCUT2D eigenvalue weighted by atomic mass is 9.88. The first-order valence-corrected chi connectivity index (χ1v) is 11.3. The molecule has 2 amide bonds. The van der Waals surface area contributed by atoms with Gasteiger partial charge in [0.1, 0.15) is 11.0 Å². The lowest BCUT2D eigenvalue weighted by Gasteiger charge is -2.27. The number of carbonyl (C=O) groups excluding carboxylic acids is 2. The van der Waals surface area contributed by atoms with Crippen molar-refractivity contribution < 1.29 is 9.59 Å². The number of carbonyl (C=O) groups is 2. The monoisotopic (exact) mass is 414 g/mol. The summed E-state index contributed by atoms with van der Waals surface area (Å²) in [6, 6.07) is 7.45. The topological polar surface area (TPSA) is 84.0 Å². The summed E-state index contributed by atoms with van der Waals surface area (Å²) in [5.74, 6) is -0.164. The Morgan fingerprint density at radius 2 is 1.97 bits per heavy atom. The van der Waals surface area contributed by atoms with Gasteiger partial charge in [-0.2, -0.15) is 0 Å². The molecule has 0 aliphatic heterocycles. The first-order valence-electron chi connectivity index (χ1n) is 10.5.